The highest BCUT2D eigenvalue weighted by Gasteiger charge is 2.28. The second kappa shape index (κ2) is 8.74. The van der Waals surface area contributed by atoms with E-state index in [0.717, 1.165) is 0 Å². The second-order valence-electron chi connectivity index (χ2n) is 7.30. The van der Waals surface area contributed by atoms with Crippen LogP contribution in [0, 0.1) is 0 Å². The van der Waals surface area contributed by atoms with Crippen molar-refractivity contribution in [1.82, 2.24) is 24.6 Å². The molecule has 166 valence electrons. The molecule has 1 amide bonds. The smallest absolute Gasteiger partial charge is 0.246 e. The topological polar surface area (TPSA) is 99.2 Å². The number of hydrogen-bond donors (Lipinski definition) is 1. The summed E-state index contributed by atoms with van der Waals surface area (Å²) in [5.41, 5.74) is 6.25. The molecule has 1 aliphatic rings. The van der Waals surface area contributed by atoms with E-state index in [1.165, 1.54) is 12.4 Å². The number of rotatable bonds is 5. The summed E-state index contributed by atoms with van der Waals surface area (Å²) in [5, 5.41) is 4.83. The lowest BCUT2D eigenvalue weighted by molar-refractivity contribution is -0.127. The van der Waals surface area contributed by atoms with Crippen molar-refractivity contribution < 1.29 is 21.9 Å². The quantitative estimate of drug-likeness (QED) is 0.458. The van der Waals surface area contributed by atoms with Crippen LogP contribution in [0.15, 0.2) is 73.4 Å². The number of para-hydroxylation sites is 1. The Morgan fingerprint density at radius 1 is 1.15 bits per heavy atom. The molecule has 0 saturated carbocycles. The van der Waals surface area contributed by atoms with Crippen LogP contribution in [0.25, 0.3) is 22.3 Å². The van der Waals surface area contributed by atoms with Crippen molar-refractivity contribution in [2.45, 2.75) is 18.9 Å². The van der Waals surface area contributed by atoms with E-state index in [2.05, 4.69) is 21.6 Å². The number of fused-ring (bicyclic) bond motifs is 1. The van der Waals surface area contributed by atoms with E-state index in [-0.39, 0.29) is 40.1 Å². The van der Waals surface area contributed by atoms with Crippen LogP contribution in [0.3, 0.4) is 0 Å². The lowest BCUT2D eigenvalue weighted by Crippen LogP contribution is -2.40. The molecule has 1 aliphatic heterocycles. The predicted octanol–water partition coefficient (Wildman–Crippen LogP) is 4.22. The Morgan fingerprint density at radius 3 is 2.67 bits per heavy atom. The molecule has 2 aromatic carbocycles. The summed E-state index contributed by atoms with van der Waals surface area (Å²) in [5.74, 6) is -1.52. The number of benzene rings is 2. The number of amides is 1. The van der Waals surface area contributed by atoms with Crippen LogP contribution in [0.4, 0.5) is 5.82 Å². The number of likely N-dealkylation sites (tertiary alicyclic amines) is 1. The van der Waals surface area contributed by atoms with Gasteiger partial charge in [0.15, 0.2) is 5.65 Å². The summed E-state index contributed by atoms with van der Waals surface area (Å²) >= 11 is 0. The monoisotopic (exact) mass is 449 g/mol. The second-order valence-corrected chi connectivity index (χ2v) is 7.30. The number of nitrogen functional groups attached to an aromatic ring is 1. The number of carbonyl (C=O) groups is 1. The molecule has 2 aromatic heterocycles. The number of carbonyl (C=O) groups excluding carboxylic acids is 1. The Labute approximate surface area is 204 Å². The normalized spacial score (nSPS) is 19.8. The van der Waals surface area contributed by atoms with Crippen molar-refractivity contribution in [1.29, 1.82) is 0 Å². The minimum absolute atomic E-state index is 0.00704. The van der Waals surface area contributed by atoms with E-state index in [4.69, 9.17) is 22.8 Å². The predicted molar refractivity (Wildman–Crippen MR) is 127 cm³/mol. The minimum Gasteiger partial charge on any atom is -0.457 e. The maximum absolute atomic E-state index is 12.3. The summed E-state index contributed by atoms with van der Waals surface area (Å²) in [7, 11) is 0. The van der Waals surface area contributed by atoms with Gasteiger partial charge in [0, 0.05) is 18.7 Å². The summed E-state index contributed by atoms with van der Waals surface area (Å²) in [6.07, 6.45) is 3.78. The first-order chi connectivity index (χ1) is 19.9. The molecule has 0 aliphatic carbocycles. The van der Waals surface area contributed by atoms with E-state index in [1.807, 2.05) is 0 Å². The average Bonchev–Trinajstić information content (AvgIpc) is 3.38. The molecule has 0 radical (unpaired) electrons. The molecule has 1 saturated heterocycles. The summed E-state index contributed by atoms with van der Waals surface area (Å²) in [4.78, 5) is 22.3. The van der Waals surface area contributed by atoms with Crippen molar-refractivity contribution >= 4 is 22.8 Å². The van der Waals surface area contributed by atoms with Crippen molar-refractivity contribution in [3.05, 3.63) is 73.4 Å². The SMILES string of the molecule is [2H]c1c([2H])c([2H])c(Oc2c([2H])c([2H])c(-c3nn([C@@H]4CCCN(C(=O)C=C)C4)c4ncnc(N)c34)c([2H])c2[2H])c([2H])c1[2H]. The van der Waals surface area contributed by atoms with E-state index in [0.29, 0.717) is 25.9 Å². The molecule has 5 rings (SSSR count). The third-order valence-electron chi connectivity index (χ3n) is 5.27. The molecule has 33 heavy (non-hydrogen) atoms. The lowest BCUT2D eigenvalue weighted by atomic mass is 10.1. The van der Waals surface area contributed by atoms with Crippen LogP contribution in [0.1, 0.15) is 31.2 Å². The van der Waals surface area contributed by atoms with E-state index in [1.54, 1.807) is 9.58 Å². The van der Waals surface area contributed by atoms with Crippen LogP contribution in [-0.4, -0.2) is 43.6 Å². The van der Waals surface area contributed by atoms with Gasteiger partial charge in [-0.15, -0.1) is 0 Å². The maximum atomic E-state index is 12.3. The van der Waals surface area contributed by atoms with Gasteiger partial charge in [-0.05, 0) is 55.2 Å². The number of anilines is 1. The van der Waals surface area contributed by atoms with E-state index >= 15 is 0 Å². The van der Waals surface area contributed by atoms with Gasteiger partial charge in [-0.1, -0.05) is 24.7 Å². The third-order valence-corrected chi connectivity index (χ3v) is 5.27. The van der Waals surface area contributed by atoms with Gasteiger partial charge in [0.2, 0.25) is 5.91 Å². The molecule has 1 atom stereocenters. The van der Waals surface area contributed by atoms with Crippen molar-refractivity contribution in [3.63, 3.8) is 0 Å². The van der Waals surface area contributed by atoms with Gasteiger partial charge in [-0.25, -0.2) is 14.6 Å². The van der Waals surface area contributed by atoms with E-state index in [9.17, 15) is 4.79 Å². The van der Waals surface area contributed by atoms with Crippen LogP contribution in [-0.2, 0) is 4.79 Å². The summed E-state index contributed by atoms with van der Waals surface area (Å²) < 4.78 is 81.4. The molecular weight excluding hydrogens is 416 g/mol. The molecule has 8 nitrogen and oxygen atoms in total. The Morgan fingerprint density at radius 2 is 1.91 bits per heavy atom. The first-order valence-electron chi connectivity index (χ1n) is 14.6. The highest BCUT2D eigenvalue weighted by molar-refractivity contribution is 5.98. The molecule has 3 heterocycles. The summed E-state index contributed by atoms with van der Waals surface area (Å²) in [6.45, 7) is 4.38. The fraction of sp³-hybridized carbons (Fsp3) is 0.200. The fourth-order valence-electron chi connectivity index (χ4n) is 3.77. The van der Waals surface area contributed by atoms with Gasteiger partial charge in [-0.2, -0.15) is 5.10 Å². The molecule has 0 bridgehead atoms. The largest absolute Gasteiger partial charge is 0.457 e. The number of nitrogens with two attached hydrogens (primary N) is 1. The molecule has 1 fully saturated rings. The van der Waals surface area contributed by atoms with Gasteiger partial charge >= 0.3 is 0 Å². The van der Waals surface area contributed by atoms with Gasteiger partial charge in [0.1, 0.15) is 29.3 Å². The van der Waals surface area contributed by atoms with Crippen LogP contribution < -0.4 is 10.5 Å². The van der Waals surface area contributed by atoms with Gasteiger partial charge in [0.05, 0.1) is 23.8 Å². The zero-order valence-corrected chi connectivity index (χ0v) is 17.4. The van der Waals surface area contributed by atoms with Crippen molar-refractivity contribution in [2.24, 2.45) is 0 Å². The zero-order chi connectivity index (χ0) is 30.6. The average molecular weight is 450 g/mol. The van der Waals surface area contributed by atoms with Crippen molar-refractivity contribution in [3.8, 4) is 22.8 Å². The van der Waals surface area contributed by atoms with Gasteiger partial charge < -0.3 is 15.4 Å². The number of ether oxygens (including phenoxy) is 1. The first kappa shape index (κ1) is 12.7. The van der Waals surface area contributed by atoms with Crippen molar-refractivity contribution in [2.75, 3.05) is 18.8 Å². The Kier molecular flexibility index (Phi) is 3.37. The van der Waals surface area contributed by atoms with E-state index < -0.39 is 65.9 Å². The fourth-order valence-corrected chi connectivity index (χ4v) is 3.77. The van der Waals surface area contributed by atoms with Crippen LogP contribution in [0.5, 0.6) is 11.5 Å². The zero-order valence-electron chi connectivity index (χ0n) is 26.4. The number of nitrogens with zero attached hydrogens (tertiary/aromatic N) is 5. The van der Waals surface area contributed by atoms with Crippen LogP contribution >= 0.6 is 0 Å². The molecule has 0 unspecified atom stereocenters. The minimum atomic E-state index is -0.701. The molecule has 8 heteroatoms. The Balaban J connectivity index is 1.67. The third kappa shape index (κ3) is 4.03. The highest BCUT2D eigenvalue weighted by Crippen LogP contribution is 2.34. The van der Waals surface area contributed by atoms with Crippen LogP contribution in [0.2, 0.25) is 0 Å². The van der Waals surface area contributed by atoms with Gasteiger partial charge in [0.25, 0.3) is 0 Å². The lowest BCUT2D eigenvalue weighted by Gasteiger charge is -2.32. The molecule has 0 spiro atoms. The number of piperidine rings is 1. The molecular formula is C25H24N6O2. The highest BCUT2D eigenvalue weighted by atomic mass is 16.5. The summed E-state index contributed by atoms with van der Waals surface area (Å²) in [6, 6.07) is -6.23. The maximum Gasteiger partial charge on any atom is 0.246 e. The number of hydrogen-bond acceptors (Lipinski definition) is 6. The first-order valence-corrected chi connectivity index (χ1v) is 10.1. The Bertz CT molecular complexity index is 1740. The standard InChI is InChI=1S/C25H24N6O2/c1-2-21(32)30-14-6-7-18(15-30)31-25-22(24(26)27-16-28-25)23(29-31)17-10-12-20(13-11-17)33-19-8-4-3-5-9-19/h2-5,8-13,16,18H,1,6-7,14-15H2,(H2,26,27,28)/t18-/m1/s1/i3D,4D,5D,8D,9D,10D,11D,12D,13D. The van der Waals surface area contributed by atoms with Gasteiger partial charge in [-0.3, -0.25) is 4.79 Å². The Hall–Kier alpha value is -4.20. The molecule has 4 aromatic rings. The number of aromatic nitrogens is 4. The molecule has 2 N–H and O–H groups in total.